The van der Waals surface area contributed by atoms with Gasteiger partial charge in [0.15, 0.2) is 0 Å². The minimum absolute atomic E-state index is 0.238. The molecule has 0 aliphatic carbocycles. The highest BCUT2D eigenvalue weighted by atomic mass is 16.3. The van der Waals surface area contributed by atoms with E-state index >= 15 is 0 Å². The molecule has 2 N–H and O–H groups in total. The molecule has 2 heterocycles. The second-order valence-corrected chi connectivity index (χ2v) is 3.45. The second kappa shape index (κ2) is 4.91. The van der Waals surface area contributed by atoms with E-state index in [1.165, 1.54) is 5.56 Å². The number of hydrogen-bond donors (Lipinski definition) is 2. The van der Waals surface area contributed by atoms with E-state index < -0.39 is 0 Å². The van der Waals surface area contributed by atoms with E-state index in [1.807, 2.05) is 29.0 Å². The summed E-state index contributed by atoms with van der Waals surface area (Å²) >= 11 is 0. The molecule has 0 fully saturated rings. The summed E-state index contributed by atoms with van der Waals surface area (Å²) in [5.41, 5.74) is 2.32. The van der Waals surface area contributed by atoms with Gasteiger partial charge < -0.3 is 10.4 Å². The van der Waals surface area contributed by atoms with E-state index in [0.29, 0.717) is 0 Å². The van der Waals surface area contributed by atoms with Gasteiger partial charge in [-0.15, -0.1) is 0 Å². The maximum Gasteiger partial charge on any atom is 0.0706 e. The van der Waals surface area contributed by atoms with Crippen molar-refractivity contribution >= 4 is 5.52 Å². The highest BCUT2D eigenvalue weighted by Crippen LogP contribution is 2.08. The van der Waals surface area contributed by atoms with E-state index in [0.717, 1.165) is 25.0 Å². The highest BCUT2D eigenvalue weighted by Gasteiger charge is 2.01. The molecule has 0 aliphatic rings. The van der Waals surface area contributed by atoms with Gasteiger partial charge in [-0.3, -0.25) is 0 Å². The Kier molecular flexibility index (Phi) is 3.32. The number of rotatable bonds is 5. The Bertz CT molecular complexity index is 424. The number of aliphatic hydroxyl groups is 1. The molecule has 0 radical (unpaired) electrons. The average molecular weight is 205 g/mol. The maximum atomic E-state index is 8.64. The van der Waals surface area contributed by atoms with Gasteiger partial charge >= 0.3 is 0 Å². The number of fused-ring (bicyclic) bond motifs is 1. The maximum absolute atomic E-state index is 8.64. The van der Waals surface area contributed by atoms with E-state index in [4.69, 9.17) is 5.11 Å². The van der Waals surface area contributed by atoms with Crippen molar-refractivity contribution in [3.05, 3.63) is 36.2 Å². The molecule has 0 spiro atoms. The Labute approximate surface area is 88.5 Å². The fraction of sp³-hybridized carbons (Fsp3) is 0.364. The number of aromatic nitrogens is 2. The van der Waals surface area contributed by atoms with Gasteiger partial charge in [0, 0.05) is 24.9 Å². The largest absolute Gasteiger partial charge is 0.396 e. The molecule has 0 saturated heterocycles. The van der Waals surface area contributed by atoms with E-state index in [1.54, 1.807) is 0 Å². The molecule has 4 nitrogen and oxygen atoms in total. The lowest BCUT2D eigenvalue weighted by Crippen LogP contribution is -2.15. The minimum atomic E-state index is 0.238. The summed E-state index contributed by atoms with van der Waals surface area (Å²) in [5.74, 6) is 0. The number of hydrogen-bond acceptors (Lipinski definition) is 3. The van der Waals surface area contributed by atoms with Crippen LogP contribution < -0.4 is 5.32 Å². The van der Waals surface area contributed by atoms with Gasteiger partial charge in [0.05, 0.1) is 11.7 Å². The number of nitrogens with zero attached hydrogens (tertiary/aromatic N) is 2. The van der Waals surface area contributed by atoms with Crippen LogP contribution in [0.5, 0.6) is 0 Å². The third-order valence-electron chi connectivity index (χ3n) is 2.33. The van der Waals surface area contributed by atoms with Gasteiger partial charge in [0.25, 0.3) is 0 Å². The zero-order valence-electron chi connectivity index (χ0n) is 8.56. The van der Waals surface area contributed by atoms with Gasteiger partial charge in [-0.1, -0.05) is 6.07 Å². The number of aliphatic hydroxyl groups excluding tert-OH is 1. The monoisotopic (exact) mass is 205 g/mol. The van der Waals surface area contributed by atoms with Crippen LogP contribution in [0.1, 0.15) is 12.0 Å². The Morgan fingerprint density at radius 2 is 2.33 bits per heavy atom. The first-order chi connectivity index (χ1) is 7.42. The first-order valence-electron chi connectivity index (χ1n) is 5.14. The number of pyridine rings is 1. The van der Waals surface area contributed by atoms with E-state index in [2.05, 4.69) is 16.5 Å². The zero-order valence-corrected chi connectivity index (χ0v) is 8.56. The average Bonchev–Trinajstić information content (AvgIpc) is 2.68. The van der Waals surface area contributed by atoms with Gasteiger partial charge in [-0.2, -0.15) is 5.10 Å². The lowest BCUT2D eigenvalue weighted by molar-refractivity contribution is 0.286. The Morgan fingerprint density at radius 1 is 1.40 bits per heavy atom. The second-order valence-electron chi connectivity index (χ2n) is 3.45. The predicted octanol–water partition coefficient (Wildman–Crippen LogP) is 0.806. The molecular weight excluding hydrogens is 190 g/mol. The minimum Gasteiger partial charge on any atom is -0.396 e. The summed E-state index contributed by atoms with van der Waals surface area (Å²) in [7, 11) is 0. The Balaban J connectivity index is 2.02. The third kappa shape index (κ3) is 2.34. The van der Waals surface area contributed by atoms with Crippen molar-refractivity contribution in [3.8, 4) is 0 Å². The standard InChI is InChI=1S/C11H15N3O/c15-7-3-5-12-8-10-9-13-14-6-2-1-4-11(10)14/h1-2,4,6,9,12,15H,3,5,7-8H2. The van der Waals surface area contributed by atoms with Crippen molar-refractivity contribution in [1.29, 1.82) is 0 Å². The predicted molar refractivity (Wildman–Crippen MR) is 58.6 cm³/mol. The molecule has 80 valence electrons. The van der Waals surface area contributed by atoms with Gasteiger partial charge in [0.1, 0.15) is 0 Å². The van der Waals surface area contributed by atoms with E-state index in [9.17, 15) is 0 Å². The zero-order chi connectivity index (χ0) is 10.5. The molecule has 0 amide bonds. The normalized spacial score (nSPS) is 11.0. The van der Waals surface area contributed by atoms with Crippen molar-refractivity contribution < 1.29 is 5.11 Å². The molecule has 0 aliphatic heterocycles. The van der Waals surface area contributed by atoms with Crippen molar-refractivity contribution in [2.24, 2.45) is 0 Å². The lowest BCUT2D eigenvalue weighted by atomic mass is 10.2. The summed E-state index contributed by atoms with van der Waals surface area (Å²) < 4.78 is 1.86. The van der Waals surface area contributed by atoms with Crippen LogP contribution in [0, 0.1) is 0 Å². The smallest absolute Gasteiger partial charge is 0.0706 e. The molecule has 0 atom stereocenters. The molecule has 0 unspecified atom stereocenters. The SMILES string of the molecule is OCCCNCc1cnn2ccccc12. The first kappa shape index (κ1) is 10.1. The quantitative estimate of drug-likeness (QED) is 0.710. The Hall–Kier alpha value is -1.39. The summed E-state index contributed by atoms with van der Waals surface area (Å²) in [6.07, 6.45) is 4.60. The van der Waals surface area contributed by atoms with Crippen LogP contribution in [-0.4, -0.2) is 27.9 Å². The van der Waals surface area contributed by atoms with Gasteiger partial charge in [0.2, 0.25) is 0 Å². The van der Waals surface area contributed by atoms with Crippen molar-refractivity contribution in [3.63, 3.8) is 0 Å². The molecule has 4 heteroatoms. The van der Waals surface area contributed by atoms with E-state index in [-0.39, 0.29) is 6.61 Å². The van der Waals surface area contributed by atoms with Crippen LogP contribution in [0.25, 0.3) is 5.52 Å². The van der Waals surface area contributed by atoms with Crippen LogP contribution in [0.3, 0.4) is 0 Å². The fourth-order valence-corrected chi connectivity index (χ4v) is 1.55. The molecule has 0 saturated carbocycles. The van der Waals surface area contributed by atoms with Crippen molar-refractivity contribution in [1.82, 2.24) is 14.9 Å². The van der Waals surface area contributed by atoms with Crippen LogP contribution in [-0.2, 0) is 6.54 Å². The molecule has 2 aromatic rings. The molecular formula is C11H15N3O. The first-order valence-corrected chi connectivity index (χ1v) is 5.14. The van der Waals surface area contributed by atoms with Crippen LogP contribution >= 0.6 is 0 Å². The summed E-state index contributed by atoms with van der Waals surface area (Å²) in [6.45, 7) is 1.87. The molecule has 0 aromatic carbocycles. The number of nitrogens with one attached hydrogen (secondary N) is 1. The summed E-state index contributed by atoms with van der Waals surface area (Å²) in [5, 5.41) is 16.2. The molecule has 2 aromatic heterocycles. The Morgan fingerprint density at radius 3 is 3.20 bits per heavy atom. The molecule has 2 rings (SSSR count). The topological polar surface area (TPSA) is 49.6 Å². The van der Waals surface area contributed by atoms with Crippen molar-refractivity contribution in [2.75, 3.05) is 13.2 Å². The van der Waals surface area contributed by atoms with Gasteiger partial charge in [-0.25, -0.2) is 4.52 Å². The van der Waals surface area contributed by atoms with Crippen LogP contribution in [0.2, 0.25) is 0 Å². The molecule has 0 bridgehead atoms. The van der Waals surface area contributed by atoms with Gasteiger partial charge in [-0.05, 0) is 25.1 Å². The third-order valence-corrected chi connectivity index (χ3v) is 2.33. The molecule has 15 heavy (non-hydrogen) atoms. The van der Waals surface area contributed by atoms with Crippen molar-refractivity contribution in [2.45, 2.75) is 13.0 Å². The fourth-order valence-electron chi connectivity index (χ4n) is 1.55. The summed E-state index contributed by atoms with van der Waals surface area (Å²) in [4.78, 5) is 0. The highest BCUT2D eigenvalue weighted by molar-refractivity contribution is 5.53. The van der Waals surface area contributed by atoms with Crippen LogP contribution in [0.15, 0.2) is 30.6 Å². The van der Waals surface area contributed by atoms with Crippen LogP contribution in [0.4, 0.5) is 0 Å². The lowest BCUT2D eigenvalue weighted by Gasteiger charge is -2.01. The summed E-state index contributed by atoms with van der Waals surface area (Å²) in [6, 6.07) is 6.02.